The third-order valence-electron chi connectivity index (χ3n) is 3.72. The van der Waals surface area contributed by atoms with E-state index in [1.54, 1.807) is 11.0 Å². The van der Waals surface area contributed by atoms with Crippen molar-refractivity contribution in [2.45, 2.75) is 25.3 Å². The van der Waals surface area contributed by atoms with Gasteiger partial charge in [-0.1, -0.05) is 15.9 Å². The maximum absolute atomic E-state index is 12.6. The first-order valence-electron chi connectivity index (χ1n) is 6.78. The number of nitro groups is 1. The molecule has 0 heterocycles. The Kier molecular flexibility index (Phi) is 5.17. The predicted molar refractivity (Wildman–Crippen MR) is 82.1 cm³/mol. The number of rotatable bonds is 6. The number of nitro benzene ring substituents is 1. The Morgan fingerprint density at radius 3 is 2.71 bits per heavy atom. The third-order valence-corrected chi connectivity index (χ3v) is 4.08. The van der Waals surface area contributed by atoms with Crippen LogP contribution in [0.1, 0.15) is 29.6 Å². The average molecular weight is 357 g/mol. The lowest BCUT2D eigenvalue weighted by Gasteiger charge is -2.37. The number of nitrogens with zero attached hydrogens (tertiary/aromatic N) is 2. The van der Waals surface area contributed by atoms with Gasteiger partial charge in [0.05, 0.1) is 12.0 Å². The minimum absolute atomic E-state index is 0.159. The van der Waals surface area contributed by atoms with Crippen LogP contribution in [-0.2, 0) is 0 Å². The summed E-state index contributed by atoms with van der Waals surface area (Å²) in [4.78, 5) is 24.9. The van der Waals surface area contributed by atoms with Gasteiger partial charge in [0.15, 0.2) is 5.75 Å². The van der Waals surface area contributed by atoms with Crippen molar-refractivity contribution in [1.29, 1.82) is 0 Å². The fourth-order valence-corrected chi connectivity index (χ4v) is 2.75. The smallest absolute Gasteiger partial charge is 0.311 e. The molecule has 21 heavy (non-hydrogen) atoms. The Labute approximate surface area is 131 Å². The van der Waals surface area contributed by atoms with E-state index >= 15 is 0 Å². The van der Waals surface area contributed by atoms with E-state index in [9.17, 15) is 14.9 Å². The summed E-state index contributed by atoms with van der Waals surface area (Å²) in [6.45, 7) is 0.601. The van der Waals surface area contributed by atoms with Gasteiger partial charge in [0.25, 0.3) is 5.91 Å². The normalized spacial score (nSPS) is 14.4. The second-order valence-electron chi connectivity index (χ2n) is 4.92. The number of carbonyl (C=O) groups is 1. The molecule has 0 bridgehead atoms. The predicted octanol–water partition coefficient (Wildman–Crippen LogP) is 2.99. The highest BCUT2D eigenvalue weighted by Crippen LogP contribution is 2.30. The van der Waals surface area contributed by atoms with Crippen LogP contribution in [0.25, 0.3) is 0 Å². The van der Waals surface area contributed by atoms with Crippen molar-refractivity contribution in [2.75, 3.05) is 19.0 Å². The quantitative estimate of drug-likeness (QED) is 0.446. The Morgan fingerprint density at radius 1 is 1.52 bits per heavy atom. The van der Waals surface area contributed by atoms with Gasteiger partial charge in [-0.05, 0) is 31.4 Å². The number of hydrogen-bond acceptors (Lipinski definition) is 4. The van der Waals surface area contributed by atoms with E-state index in [0.29, 0.717) is 17.4 Å². The van der Waals surface area contributed by atoms with E-state index in [2.05, 4.69) is 15.9 Å². The molecule has 0 radical (unpaired) electrons. The molecule has 2 rings (SSSR count). The number of carbonyl (C=O) groups excluding carboxylic acids is 1. The molecule has 1 fully saturated rings. The summed E-state index contributed by atoms with van der Waals surface area (Å²) in [6, 6.07) is 4.59. The van der Waals surface area contributed by atoms with Gasteiger partial charge in [0, 0.05) is 29.5 Å². The number of halogens is 1. The minimum Gasteiger partial charge on any atom is -0.490 e. The molecule has 1 aliphatic rings. The van der Waals surface area contributed by atoms with Crippen LogP contribution in [0.15, 0.2) is 18.2 Å². The Hall–Kier alpha value is -1.63. The molecular weight excluding hydrogens is 340 g/mol. The molecule has 1 aromatic rings. The summed E-state index contributed by atoms with van der Waals surface area (Å²) < 4.78 is 4.96. The molecular formula is C14H17BrN2O4. The van der Waals surface area contributed by atoms with Crippen molar-refractivity contribution in [3.63, 3.8) is 0 Å². The van der Waals surface area contributed by atoms with Crippen LogP contribution in [0.5, 0.6) is 5.75 Å². The van der Waals surface area contributed by atoms with E-state index in [0.717, 1.165) is 19.3 Å². The molecule has 0 spiro atoms. The van der Waals surface area contributed by atoms with Crippen LogP contribution in [0.3, 0.4) is 0 Å². The van der Waals surface area contributed by atoms with Gasteiger partial charge in [-0.2, -0.15) is 0 Å². The molecule has 1 amide bonds. The molecule has 6 nitrogen and oxygen atoms in total. The van der Waals surface area contributed by atoms with Gasteiger partial charge >= 0.3 is 5.69 Å². The average Bonchev–Trinajstić information content (AvgIpc) is 2.43. The molecule has 0 aliphatic heterocycles. The van der Waals surface area contributed by atoms with Crippen LogP contribution in [0.4, 0.5) is 5.69 Å². The second-order valence-corrected chi connectivity index (χ2v) is 5.71. The molecule has 0 saturated heterocycles. The highest BCUT2D eigenvalue weighted by molar-refractivity contribution is 9.09. The second kappa shape index (κ2) is 6.89. The number of hydrogen-bond donors (Lipinski definition) is 0. The molecule has 7 heteroatoms. The lowest BCUT2D eigenvalue weighted by Crippen LogP contribution is -2.45. The summed E-state index contributed by atoms with van der Waals surface area (Å²) >= 11 is 3.35. The van der Waals surface area contributed by atoms with Crippen LogP contribution in [-0.4, -0.2) is 40.8 Å². The monoisotopic (exact) mass is 356 g/mol. The Morgan fingerprint density at radius 2 is 2.24 bits per heavy atom. The van der Waals surface area contributed by atoms with E-state index in [1.807, 2.05) is 0 Å². The van der Waals surface area contributed by atoms with E-state index < -0.39 is 4.92 Å². The van der Waals surface area contributed by atoms with Crippen molar-refractivity contribution in [1.82, 2.24) is 4.90 Å². The third kappa shape index (κ3) is 3.34. The lowest BCUT2D eigenvalue weighted by atomic mass is 9.91. The highest BCUT2D eigenvalue weighted by Gasteiger charge is 2.30. The van der Waals surface area contributed by atoms with Crippen molar-refractivity contribution >= 4 is 27.5 Å². The first-order chi connectivity index (χ1) is 10.1. The summed E-state index contributed by atoms with van der Waals surface area (Å²) in [6.07, 6.45) is 3.12. The van der Waals surface area contributed by atoms with Crippen LogP contribution >= 0.6 is 15.9 Å². The number of amides is 1. The zero-order chi connectivity index (χ0) is 15.4. The van der Waals surface area contributed by atoms with Gasteiger partial charge in [0.1, 0.15) is 0 Å². The largest absolute Gasteiger partial charge is 0.490 e. The van der Waals surface area contributed by atoms with Gasteiger partial charge < -0.3 is 9.64 Å². The Balaban J connectivity index is 2.28. The number of methoxy groups -OCH3 is 1. The maximum atomic E-state index is 12.6. The number of alkyl halides is 1. The van der Waals surface area contributed by atoms with Gasteiger partial charge in [0.2, 0.25) is 0 Å². The standard InChI is InChI=1S/C14H17BrN2O4/c1-21-13-6-5-10(9-12(13)17(19)20)14(18)16(8-7-15)11-3-2-4-11/h5-6,9,11H,2-4,7-8H2,1H3. The lowest BCUT2D eigenvalue weighted by molar-refractivity contribution is -0.385. The van der Waals surface area contributed by atoms with E-state index in [4.69, 9.17) is 4.74 Å². The molecule has 0 atom stereocenters. The van der Waals surface area contributed by atoms with Crippen molar-refractivity contribution in [2.24, 2.45) is 0 Å². The SMILES string of the molecule is COc1ccc(C(=O)N(CCBr)C2CCC2)cc1[N+](=O)[O-]. The zero-order valence-electron chi connectivity index (χ0n) is 11.8. The van der Waals surface area contributed by atoms with Gasteiger partial charge in [-0.25, -0.2) is 0 Å². The first kappa shape index (κ1) is 15.8. The summed E-state index contributed by atoms with van der Waals surface area (Å²) in [5.74, 6) is -0.00265. The summed E-state index contributed by atoms with van der Waals surface area (Å²) in [5, 5.41) is 11.7. The van der Waals surface area contributed by atoms with Crippen molar-refractivity contribution in [3.8, 4) is 5.75 Å². The molecule has 1 aromatic carbocycles. The number of benzene rings is 1. The number of ether oxygens (including phenoxy) is 1. The molecule has 1 aliphatic carbocycles. The van der Waals surface area contributed by atoms with Crippen molar-refractivity contribution < 1.29 is 14.5 Å². The van der Waals surface area contributed by atoms with Crippen LogP contribution in [0.2, 0.25) is 0 Å². The van der Waals surface area contributed by atoms with E-state index in [1.165, 1.54) is 19.2 Å². The highest BCUT2D eigenvalue weighted by atomic mass is 79.9. The van der Waals surface area contributed by atoms with Crippen molar-refractivity contribution in [3.05, 3.63) is 33.9 Å². The molecule has 0 unspecified atom stereocenters. The molecule has 0 aromatic heterocycles. The first-order valence-corrected chi connectivity index (χ1v) is 7.90. The van der Waals surface area contributed by atoms with E-state index in [-0.39, 0.29) is 23.4 Å². The maximum Gasteiger partial charge on any atom is 0.311 e. The molecule has 1 saturated carbocycles. The summed E-state index contributed by atoms with van der Waals surface area (Å²) in [5.41, 5.74) is 0.145. The zero-order valence-corrected chi connectivity index (χ0v) is 13.3. The summed E-state index contributed by atoms with van der Waals surface area (Å²) in [7, 11) is 1.37. The molecule has 0 N–H and O–H groups in total. The van der Waals surface area contributed by atoms with Crippen LogP contribution < -0.4 is 4.74 Å². The fraction of sp³-hybridized carbons (Fsp3) is 0.500. The van der Waals surface area contributed by atoms with Crippen LogP contribution in [0, 0.1) is 10.1 Å². The topological polar surface area (TPSA) is 72.7 Å². The van der Waals surface area contributed by atoms with Gasteiger partial charge in [-0.3, -0.25) is 14.9 Å². The Bertz CT molecular complexity index is 546. The minimum atomic E-state index is -0.534. The van der Waals surface area contributed by atoms with Gasteiger partial charge in [-0.15, -0.1) is 0 Å². The molecule has 114 valence electrons. The fourth-order valence-electron chi connectivity index (χ4n) is 2.37.